The molecule has 11 nitrogen and oxygen atoms in total. The Morgan fingerprint density at radius 2 is 1.69 bits per heavy atom. The number of nitrogens with one attached hydrogen (secondary N) is 1. The van der Waals surface area contributed by atoms with Crippen LogP contribution in [0.3, 0.4) is 0 Å². The van der Waals surface area contributed by atoms with E-state index in [0.29, 0.717) is 23.0 Å². The number of hydrogen-bond donors (Lipinski definition) is 1. The van der Waals surface area contributed by atoms with Crippen molar-refractivity contribution in [3.05, 3.63) is 83.3 Å². The second-order valence-corrected chi connectivity index (χ2v) is 9.44. The number of para-hydroxylation sites is 1. The quantitative estimate of drug-likeness (QED) is 0.374. The molecule has 12 heteroatoms. The first kappa shape index (κ1) is 23.2. The summed E-state index contributed by atoms with van der Waals surface area (Å²) in [5.74, 6) is 0.230. The number of nitrogens with zero attached hydrogens (tertiary/aromatic N) is 9. The van der Waals surface area contributed by atoms with Gasteiger partial charge in [-0.2, -0.15) is 9.50 Å². The van der Waals surface area contributed by atoms with Gasteiger partial charge in [0.1, 0.15) is 11.2 Å². The van der Waals surface area contributed by atoms with Gasteiger partial charge in [-0.15, -0.1) is 0 Å². The molecular formula is C27H23FN10O. The highest BCUT2D eigenvalue weighted by Gasteiger charge is 2.20. The molecule has 194 valence electrons. The summed E-state index contributed by atoms with van der Waals surface area (Å²) in [6.07, 6.45) is 4.66. The van der Waals surface area contributed by atoms with Crippen molar-refractivity contribution in [1.29, 1.82) is 0 Å². The number of anilines is 3. The lowest BCUT2D eigenvalue weighted by atomic mass is 10.2. The minimum absolute atomic E-state index is 0.209. The van der Waals surface area contributed by atoms with Crippen LogP contribution in [-0.2, 0) is 0 Å². The van der Waals surface area contributed by atoms with Gasteiger partial charge < -0.3 is 15.1 Å². The van der Waals surface area contributed by atoms with Crippen molar-refractivity contribution in [3.8, 4) is 5.95 Å². The maximum Gasteiger partial charge on any atom is 0.284 e. The fourth-order valence-electron chi connectivity index (χ4n) is 4.96. The molecule has 2 aromatic carbocycles. The van der Waals surface area contributed by atoms with Crippen molar-refractivity contribution < 1.29 is 4.39 Å². The summed E-state index contributed by atoms with van der Waals surface area (Å²) in [5.41, 5.74) is 2.09. The summed E-state index contributed by atoms with van der Waals surface area (Å²) < 4.78 is 18.1. The maximum absolute atomic E-state index is 15.0. The summed E-state index contributed by atoms with van der Waals surface area (Å²) >= 11 is 0. The Bertz CT molecular complexity index is 1910. The first-order valence-corrected chi connectivity index (χ1v) is 12.5. The Hall–Kier alpha value is -4.97. The first-order chi connectivity index (χ1) is 19.1. The summed E-state index contributed by atoms with van der Waals surface area (Å²) in [4.78, 5) is 40.2. The van der Waals surface area contributed by atoms with Gasteiger partial charge in [0.2, 0.25) is 11.9 Å². The molecule has 5 heterocycles. The minimum Gasteiger partial charge on any atom is -0.367 e. The Balaban J connectivity index is 1.29. The molecule has 0 atom stereocenters. The summed E-state index contributed by atoms with van der Waals surface area (Å²) in [6.45, 7) is 3.33. The Morgan fingerprint density at radius 1 is 0.897 bits per heavy atom. The van der Waals surface area contributed by atoms with Crippen molar-refractivity contribution in [1.82, 2.24) is 39.0 Å². The SMILES string of the molecule is CN1CCN(c2ccc(Nc3ncc4c(=O)n5c(nc4n3)c3ccccc3n5-c3ncccn3)cc2F)CC1. The van der Waals surface area contributed by atoms with Crippen LogP contribution in [0.4, 0.5) is 21.7 Å². The Kier molecular flexibility index (Phi) is 5.40. The number of likely N-dealkylation sites (N-methyl/N-ethyl adjacent to an activating group) is 1. The fourth-order valence-corrected chi connectivity index (χ4v) is 4.96. The molecule has 6 aromatic rings. The molecule has 39 heavy (non-hydrogen) atoms. The van der Waals surface area contributed by atoms with E-state index in [-0.39, 0.29) is 28.4 Å². The molecule has 1 fully saturated rings. The van der Waals surface area contributed by atoms with E-state index in [9.17, 15) is 4.79 Å². The smallest absolute Gasteiger partial charge is 0.284 e. The number of halogens is 1. The highest BCUT2D eigenvalue weighted by Crippen LogP contribution is 2.26. The minimum atomic E-state index is -0.354. The van der Waals surface area contributed by atoms with E-state index in [1.807, 2.05) is 29.2 Å². The van der Waals surface area contributed by atoms with E-state index in [4.69, 9.17) is 4.98 Å². The van der Waals surface area contributed by atoms with E-state index in [1.54, 1.807) is 35.3 Å². The summed E-state index contributed by atoms with van der Waals surface area (Å²) in [5, 5.41) is 4.03. The van der Waals surface area contributed by atoms with Crippen molar-refractivity contribution in [2.24, 2.45) is 0 Å². The average Bonchev–Trinajstić information content (AvgIpc) is 3.29. The fraction of sp³-hybridized carbons (Fsp3) is 0.185. The van der Waals surface area contributed by atoms with Gasteiger partial charge in [-0.3, -0.25) is 4.79 Å². The van der Waals surface area contributed by atoms with Gasteiger partial charge in [0.25, 0.3) is 5.56 Å². The van der Waals surface area contributed by atoms with Gasteiger partial charge in [0.05, 0.1) is 11.2 Å². The largest absolute Gasteiger partial charge is 0.367 e. The molecule has 4 aromatic heterocycles. The molecule has 0 radical (unpaired) electrons. The van der Waals surface area contributed by atoms with E-state index in [1.165, 1.54) is 16.8 Å². The molecule has 7 rings (SSSR count). The molecule has 0 saturated carbocycles. The topological polar surface area (TPSA) is 109 Å². The van der Waals surface area contributed by atoms with Crippen LogP contribution >= 0.6 is 0 Å². The Morgan fingerprint density at radius 3 is 2.49 bits per heavy atom. The molecule has 1 N–H and O–H groups in total. The van der Waals surface area contributed by atoms with Gasteiger partial charge >= 0.3 is 0 Å². The lowest BCUT2D eigenvalue weighted by molar-refractivity contribution is 0.311. The van der Waals surface area contributed by atoms with Crippen molar-refractivity contribution >= 4 is 44.9 Å². The number of hydrogen-bond acceptors (Lipinski definition) is 9. The third-order valence-electron chi connectivity index (χ3n) is 6.97. The molecule has 1 aliphatic rings. The van der Waals surface area contributed by atoms with Gasteiger partial charge in [0.15, 0.2) is 11.3 Å². The van der Waals surface area contributed by atoms with Crippen LogP contribution in [0.2, 0.25) is 0 Å². The van der Waals surface area contributed by atoms with Crippen molar-refractivity contribution in [2.45, 2.75) is 0 Å². The molecule has 0 amide bonds. The normalized spacial score (nSPS) is 14.5. The van der Waals surface area contributed by atoms with Crippen LogP contribution in [0.1, 0.15) is 0 Å². The van der Waals surface area contributed by atoms with Gasteiger partial charge in [-0.25, -0.2) is 29.0 Å². The molecule has 0 aliphatic carbocycles. The molecule has 1 aliphatic heterocycles. The lowest BCUT2D eigenvalue weighted by Gasteiger charge is -2.34. The van der Waals surface area contributed by atoms with Crippen LogP contribution in [0.5, 0.6) is 0 Å². The molecule has 1 saturated heterocycles. The summed E-state index contributed by atoms with van der Waals surface area (Å²) in [7, 11) is 2.06. The predicted molar refractivity (Wildman–Crippen MR) is 146 cm³/mol. The van der Waals surface area contributed by atoms with E-state index >= 15 is 4.39 Å². The number of rotatable bonds is 4. The zero-order chi connectivity index (χ0) is 26.5. The number of fused-ring (bicyclic) bond motifs is 4. The van der Waals surface area contributed by atoms with Crippen LogP contribution in [0.15, 0.2) is 71.9 Å². The standard InChI is InChI=1S/C27H23FN10O/c1-35-11-13-36(14-12-35)22-8-7-17(15-20(22)28)32-26-31-16-19-23(34-26)33-24-18-5-2-3-6-21(18)37(38(24)25(19)39)27-29-9-4-10-30-27/h2-10,15-16H,11-14H2,1H3,(H,31,32,34). The second kappa shape index (κ2) is 9.10. The molecule has 0 bridgehead atoms. The Labute approximate surface area is 221 Å². The number of aromatic nitrogens is 7. The zero-order valence-electron chi connectivity index (χ0n) is 21.0. The molecular weight excluding hydrogens is 499 g/mol. The van der Waals surface area contributed by atoms with Crippen molar-refractivity contribution in [3.63, 3.8) is 0 Å². The van der Waals surface area contributed by atoms with Crippen LogP contribution in [-0.4, -0.2) is 72.2 Å². The molecule has 0 unspecified atom stereocenters. The number of benzene rings is 2. The van der Waals surface area contributed by atoms with Gasteiger partial charge in [-0.1, -0.05) is 12.1 Å². The monoisotopic (exact) mass is 522 g/mol. The third-order valence-corrected chi connectivity index (χ3v) is 6.97. The maximum atomic E-state index is 15.0. The second-order valence-electron chi connectivity index (χ2n) is 9.44. The van der Waals surface area contributed by atoms with E-state index in [2.05, 4.69) is 37.2 Å². The van der Waals surface area contributed by atoms with Crippen LogP contribution in [0, 0.1) is 5.82 Å². The van der Waals surface area contributed by atoms with E-state index < -0.39 is 0 Å². The number of piperazine rings is 1. The highest BCUT2D eigenvalue weighted by molar-refractivity contribution is 5.95. The predicted octanol–water partition coefficient (Wildman–Crippen LogP) is 3.01. The van der Waals surface area contributed by atoms with Gasteiger partial charge in [0, 0.05) is 55.8 Å². The summed E-state index contributed by atoms with van der Waals surface area (Å²) in [6, 6.07) is 14.2. The van der Waals surface area contributed by atoms with Crippen LogP contribution < -0.4 is 15.8 Å². The van der Waals surface area contributed by atoms with Crippen molar-refractivity contribution in [2.75, 3.05) is 43.4 Å². The zero-order valence-corrected chi connectivity index (χ0v) is 21.0. The first-order valence-electron chi connectivity index (χ1n) is 12.5. The average molecular weight is 523 g/mol. The van der Waals surface area contributed by atoms with Gasteiger partial charge in [-0.05, 0) is 43.4 Å². The van der Waals surface area contributed by atoms with E-state index in [0.717, 1.165) is 37.1 Å². The molecule has 0 spiro atoms. The highest BCUT2D eigenvalue weighted by atomic mass is 19.1. The third kappa shape index (κ3) is 3.92. The lowest BCUT2D eigenvalue weighted by Crippen LogP contribution is -2.44. The van der Waals surface area contributed by atoms with Crippen LogP contribution in [0.25, 0.3) is 33.5 Å².